The van der Waals surface area contributed by atoms with Crippen LogP contribution in [0.2, 0.25) is 0 Å². The van der Waals surface area contributed by atoms with Crippen LogP contribution in [0.25, 0.3) is 0 Å². The number of hydrazine groups is 1. The monoisotopic (exact) mass is 221 g/mol. The summed E-state index contributed by atoms with van der Waals surface area (Å²) in [5.41, 5.74) is 5.51. The molecular formula is C11H15N3O2. The van der Waals surface area contributed by atoms with Gasteiger partial charge in [0.05, 0.1) is 13.0 Å². The highest BCUT2D eigenvalue weighted by atomic mass is 16.5. The Morgan fingerprint density at radius 2 is 2.38 bits per heavy atom. The van der Waals surface area contributed by atoms with Crippen LogP contribution in [0.3, 0.4) is 0 Å². The second kappa shape index (κ2) is 4.61. The second-order valence-corrected chi connectivity index (χ2v) is 3.74. The molecule has 0 aliphatic carbocycles. The predicted octanol–water partition coefficient (Wildman–Crippen LogP) is 0.143. The molecule has 0 radical (unpaired) electrons. The Morgan fingerprint density at radius 1 is 1.56 bits per heavy atom. The molecule has 1 aromatic carbocycles. The number of fused-ring (bicyclic) bond motifs is 1. The summed E-state index contributed by atoms with van der Waals surface area (Å²) in [4.78, 5) is 13.2. The Kier molecular flexibility index (Phi) is 3.19. The fraction of sp³-hybridized carbons (Fsp3) is 0.364. The molecule has 0 atom stereocenters. The third kappa shape index (κ3) is 1.92. The maximum absolute atomic E-state index is 11.6. The Morgan fingerprint density at radius 3 is 3.12 bits per heavy atom. The van der Waals surface area contributed by atoms with Crippen LogP contribution in [0.4, 0.5) is 5.69 Å². The Hall–Kier alpha value is -1.43. The van der Waals surface area contributed by atoms with Crippen molar-refractivity contribution in [3.63, 3.8) is 0 Å². The fourth-order valence-corrected chi connectivity index (χ4v) is 1.90. The van der Waals surface area contributed by atoms with E-state index in [1.165, 1.54) is 0 Å². The van der Waals surface area contributed by atoms with Gasteiger partial charge in [0.1, 0.15) is 6.73 Å². The van der Waals surface area contributed by atoms with Crippen molar-refractivity contribution >= 4 is 11.6 Å². The van der Waals surface area contributed by atoms with Crippen LogP contribution >= 0.6 is 0 Å². The van der Waals surface area contributed by atoms with Crippen molar-refractivity contribution in [1.29, 1.82) is 0 Å². The zero-order valence-electron chi connectivity index (χ0n) is 9.19. The number of benzene rings is 1. The van der Waals surface area contributed by atoms with Crippen molar-refractivity contribution in [3.05, 3.63) is 29.3 Å². The predicted molar refractivity (Wildman–Crippen MR) is 60.5 cm³/mol. The quantitative estimate of drug-likeness (QED) is 0.328. The summed E-state index contributed by atoms with van der Waals surface area (Å²) in [6, 6.07) is 5.86. The topological polar surface area (TPSA) is 67.6 Å². The molecule has 5 nitrogen and oxygen atoms in total. The molecule has 1 amide bonds. The number of likely N-dealkylation sites (N-methyl/N-ethyl adjacent to an activating group) is 1. The summed E-state index contributed by atoms with van der Waals surface area (Å²) in [5, 5.41) is 0. The molecule has 1 aliphatic rings. The number of ether oxygens (including phenoxy) is 1. The van der Waals surface area contributed by atoms with Gasteiger partial charge in [-0.1, -0.05) is 12.1 Å². The van der Waals surface area contributed by atoms with Gasteiger partial charge in [-0.3, -0.25) is 10.6 Å². The first-order valence-corrected chi connectivity index (χ1v) is 5.12. The molecule has 0 bridgehead atoms. The first kappa shape index (κ1) is 11.1. The van der Waals surface area contributed by atoms with Crippen LogP contribution in [0, 0.1) is 0 Å². The summed E-state index contributed by atoms with van der Waals surface area (Å²) < 4.78 is 5.30. The van der Waals surface area contributed by atoms with Gasteiger partial charge in [-0.15, -0.1) is 0 Å². The number of nitrogens with one attached hydrogen (secondary N) is 1. The van der Waals surface area contributed by atoms with Gasteiger partial charge in [0.15, 0.2) is 0 Å². The van der Waals surface area contributed by atoms with Gasteiger partial charge in [0, 0.05) is 12.7 Å². The molecule has 0 aromatic heterocycles. The molecular weight excluding hydrogens is 206 g/mol. The van der Waals surface area contributed by atoms with Crippen LogP contribution in [-0.2, 0) is 22.6 Å². The van der Waals surface area contributed by atoms with Crippen molar-refractivity contribution in [2.45, 2.75) is 13.0 Å². The number of nitrogens with zero attached hydrogens (tertiary/aromatic N) is 1. The summed E-state index contributed by atoms with van der Waals surface area (Å²) in [7, 11) is 1.79. The number of carbonyl (C=O) groups excluding carboxylic acids is 1. The lowest BCUT2D eigenvalue weighted by molar-refractivity contribution is -0.117. The van der Waals surface area contributed by atoms with Gasteiger partial charge < -0.3 is 9.64 Å². The average Bonchev–Trinajstić information content (AvgIpc) is 2.57. The van der Waals surface area contributed by atoms with Crippen molar-refractivity contribution in [3.8, 4) is 0 Å². The van der Waals surface area contributed by atoms with E-state index in [4.69, 9.17) is 10.6 Å². The van der Waals surface area contributed by atoms with E-state index in [0.29, 0.717) is 19.8 Å². The maximum Gasteiger partial charge on any atom is 0.231 e. The zero-order chi connectivity index (χ0) is 11.5. The largest absolute Gasteiger partial charge is 0.360 e. The number of hydrogen-bond acceptors (Lipinski definition) is 4. The van der Waals surface area contributed by atoms with Crippen LogP contribution in [0.1, 0.15) is 11.1 Å². The van der Waals surface area contributed by atoms with Crippen LogP contribution < -0.4 is 16.2 Å². The fourth-order valence-electron chi connectivity index (χ4n) is 1.90. The van der Waals surface area contributed by atoms with E-state index in [2.05, 4.69) is 5.43 Å². The standard InChI is InChI=1S/C11H15N3O2/c1-14-10-4-2-3-8(6-16-7-13-12)9(10)5-11(14)15/h2-4,13H,5-7,12H2,1H3. The molecule has 1 heterocycles. The Labute approximate surface area is 94.1 Å². The molecule has 0 unspecified atom stereocenters. The van der Waals surface area contributed by atoms with Gasteiger partial charge in [-0.05, 0) is 17.2 Å². The lowest BCUT2D eigenvalue weighted by Crippen LogP contribution is -2.24. The van der Waals surface area contributed by atoms with E-state index in [1.54, 1.807) is 11.9 Å². The van der Waals surface area contributed by atoms with Gasteiger partial charge >= 0.3 is 0 Å². The summed E-state index contributed by atoms with van der Waals surface area (Å²) in [6.07, 6.45) is 0.460. The first-order valence-electron chi connectivity index (χ1n) is 5.12. The number of rotatable bonds is 4. The minimum absolute atomic E-state index is 0.124. The van der Waals surface area contributed by atoms with Crippen LogP contribution in [0.15, 0.2) is 18.2 Å². The average molecular weight is 221 g/mol. The summed E-state index contributed by atoms with van der Waals surface area (Å²) in [5.74, 6) is 5.24. The molecule has 0 fully saturated rings. The van der Waals surface area contributed by atoms with Crippen molar-refractivity contribution in [2.24, 2.45) is 5.84 Å². The van der Waals surface area contributed by atoms with Gasteiger partial charge in [0.2, 0.25) is 5.91 Å². The van der Waals surface area contributed by atoms with Crippen molar-refractivity contribution < 1.29 is 9.53 Å². The number of hydrogen-bond donors (Lipinski definition) is 2. The molecule has 0 saturated heterocycles. The number of anilines is 1. The molecule has 16 heavy (non-hydrogen) atoms. The van der Waals surface area contributed by atoms with E-state index in [9.17, 15) is 4.79 Å². The third-order valence-corrected chi connectivity index (χ3v) is 2.75. The zero-order valence-corrected chi connectivity index (χ0v) is 9.19. The van der Waals surface area contributed by atoms with Crippen molar-refractivity contribution in [2.75, 3.05) is 18.7 Å². The molecule has 1 aliphatic heterocycles. The highest BCUT2D eigenvalue weighted by Gasteiger charge is 2.25. The number of carbonyl (C=O) groups is 1. The van der Waals surface area contributed by atoms with Gasteiger partial charge in [-0.25, -0.2) is 5.43 Å². The molecule has 0 spiro atoms. The van der Waals surface area contributed by atoms with E-state index >= 15 is 0 Å². The molecule has 1 aromatic rings. The van der Waals surface area contributed by atoms with E-state index in [1.807, 2.05) is 18.2 Å². The Balaban J connectivity index is 2.19. The van der Waals surface area contributed by atoms with E-state index in [0.717, 1.165) is 16.8 Å². The molecule has 5 heteroatoms. The highest BCUT2D eigenvalue weighted by molar-refractivity contribution is 6.01. The maximum atomic E-state index is 11.6. The Bertz CT molecular complexity index is 406. The number of nitrogens with two attached hydrogens (primary N) is 1. The minimum atomic E-state index is 0.124. The lowest BCUT2D eigenvalue weighted by atomic mass is 10.1. The molecule has 0 saturated carbocycles. The highest BCUT2D eigenvalue weighted by Crippen LogP contribution is 2.30. The minimum Gasteiger partial charge on any atom is -0.360 e. The van der Waals surface area contributed by atoms with Crippen molar-refractivity contribution in [1.82, 2.24) is 5.43 Å². The molecule has 3 N–H and O–H groups in total. The lowest BCUT2D eigenvalue weighted by Gasteiger charge is -2.11. The smallest absolute Gasteiger partial charge is 0.231 e. The first-order chi connectivity index (χ1) is 7.74. The van der Waals surface area contributed by atoms with Crippen LogP contribution in [-0.4, -0.2) is 19.7 Å². The van der Waals surface area contributed by atoms with Crippen LogP contribution in [0.5, 0.6) is 0 Å². The van der Waals surface area contributed by atoms with Gasteiger partial charge in [0.25, 0.3) is 0 Å². The summed E-state index contributed by atoms with van der Waals surface area (Å²) in [6.45, 7) is 0.766. The number of amides is 1. The SMILES string of the molecule is CN1C(=O)Cc2c(COCNN)cccc21. The molecule has 86 valence electrons. The normalized spacial score (nSPS) is 14.4. The van der Waals surface area contributed by atoms with E-state index in [-0.39, 0.29) is 5.91 Å². The third-order valence-electron chi connectivity index (χ3n) is 2.75. The van der Waals surface area contributed by atoms with E-state index < -0.39 is 0 Å². The van der Waals surface area contributed by atoms with Gasteiger partial charge in [-0.2, -0.15) is 0 Å². The molecule has 2 rings (SSSR count). The second-order valence-electron chi connectivity index (χ2n) is 3.74. The summed E-state index contributed by atoms with van der Waals surface area (Å²) >= 11 is 0.